The summed E-state index contributed by atoms with van der Waals surface area (Å²) in [7, 11) is 0. The average Bonchev–Trinajstić information content (AvgIpc) is 3.18. The summed E-state index contributed by atoms with van der Waals surface area (Å²) >= 11 is 1.61. The highest BCUT2D eigenvalue weighted by atomic mass is 32.1. The molecule has 2 aliphatic rings. The van der Waals surface area contributed by atoms with E-state index in [1.807, 2.05) is 18.2 Å². The molecule has 3 heterocycles. The van der Waals surface area contributed by atoms with Crippen LogP contribution in [0.5, 0.6) is 0 Å². The fourth-order valence-corrected chi connectivity index (χ4v) is 5.05. The van der Waals surface area contributed by atoms with Gasteiger partial charge in [-0.15, -0.1) is 11.3 Å². The number of Topliss-reactive ketones (excluding diaryl/α,β-unsaturated/α-hetero) is 1. The quantitative estimate of drug-likeness (QED) is 0.748. The van der Waals surface area contributed by atoms with Crippen LogP contribution in [-0.4, -0.2) is 48.0 Å². The summed E-state index contributed by atoms with van der Waals surface area (Å²) < 4.78 is 5.49. The summed E-state index contributed by atoms with van der Waals surface area (Å²) in [4.78, 5) is 20.2. The van der Waals surface area contributed by atoms with E-state index in [0.717, 1.165) is 68.3 Å². The van der Waals surface area contributed by atoms with E-state index >= 15 is 0 Å². The summed E-state index contributed by atoms with van der Waals surface area (Å²) in [6.07, 6.45) is 6.09. The molecule has 1 atom stereocenters. The lowest BCUT2D eigenvalue weighted by Gasteiger charge is -2.37. The van der Waals surface area contributed by atoms with Crippen LogP contribution in [0.3, 0.4) is 0 Å². The van der Waals surface area contributed by atoms with E-state index in [9.17, 15) is 4.79 Å². The number of aromatic nitrogens is 1. The number of ketones is 1. The minimum atomic E-state index is 0.0747. The molecular weight excluding hydrogens is 356 g/mol. The molecule has 0 bridgehead atoms. The molecule has 0 aliphatic carbocycles. The molecule has 0 radical (unpaired) electrons. The molecule has 5 heteroatoms. The topological polar surface area (TPSA) is 42.4 Å². The molecule has 4 nitrogen and oxygen atoms in total. The minimum Gasteiger partial charge on any atom is -0.381 e. The third-order valence-electron chi connectivity index (χ3n) is 5.77. The van der Waals surface area contributed by atoms with E-state index in [1.165, 1.54) is 6.42 Å². The number of thiazole rings is 1. The van der Waals surface area contributed by atoms with Crippen molar-refractivity contribution in [1.29, 1.82) is 0 Å². The number of carbonyl (C=O) groups is 1. The highest BCUT2D eigenvalue weighted by Crippen LogP contribution is 2.26. The lowest BCUT2D eigenvalue weighted by atomic mass is 9.93. The Morgan fingerprint density at radius 2 is 1.96 bits per heavy atom. The van der Waals surface area contributed by atoms with Crippen LogP contribution in [-0.2, 0) is 16.0 Å². The van der Waals surface area contributed by atoms with Crippen LogP contribution >= 0.6 is 11.3 Å². The fourth-order valence-electron chi connectivity index (χ4n) is 4.24. The van der Waals surface area contributed by atoms with Crippen LogP contribution in [0.15, 0.2) is 35.7 Å². The monoisotopic (exact) mass is 384 g/mol. The predicted molar refractivity (Wildman–Crippen MR) is 109 cm³/mol. The number of carbonyl (C=O) groups excluding carboxylic acids is 1. The second kappa shape index (κ2) is 9.09. The Hall–Kier alpha value is -1.56. The SMILES string of the molecule is O=C(Cc1nc(-c2ccccc2)cs1)[C@@H]1CCCCN1CC1CCOCC1. The minimum absolute atomic E-state index is 0.0747. The normalized spacial score (nSPS) is 22.0. The summed E-state index contributed by atoms with van der Waals surface area (Å²) in [6, 6.07) is 10.3. The first-order valence-electron chi connectivity index (χ1n) is 10.1. The first-order valence-corrected chi connectivity index (χ1v) is 11.0. The Bertz CT molecular complexity index is 740. The first kappa shape index (κ1) is 18.8. The van der Waals surface area contributed by atoms with Crippen LogP contribution in [0.1, 0.15) is 37.1 Å². The van der Waals surface area contributed by atoms with Crippen molar-refractivity contribution in [2.45, 2.75) is 44.6 Å². The Morgan fingerprint density at radius 3 is 2.78 bits per heavy atom. The van der Waals surface area contributed by atoms with Gasteiger partial charge in [-0.05, 0) is 38.1 Å². The van der Waals surface area contributed by atoms with Crippen molar-refractivity contribution in [3.05, 3.63) is 40.7 Å². The average molecular weight is 385 g/mol. The van der Waals surface area contributed by atoms with Crippen LogP contribution in [0.25, 0.3) is 11.3 Å². The standard InChI is InChI=1S/C22H28N2O2S/c25-21(14-22-23-19(16-27-22)18-6-2-1-3-7-18)20-8-4-5-11-24(20)15-17-9-12-26-13-10-17/h1-3,6-7,16-17,20H,4-5,8-15H2/t20-/m0/s1. The van der Waals surface area contributed by atoms with Crippen LogP contribution < -0.4 is 0 Å². The number of piperidine rings is 1. The van der Waals surface area contributed by atoms with Crippen LogP contribution in [0.4, 0.5) is 0 Å². The van der Waals surface area contributed by atoms with E-state index < -0.39 is 0 Å². The number of ether oxygens (including phenoxy) is 1. The first-order chi connectivity index (χ1) is 13.3. The maximum absolute atomic E-state index is 13.1. The lowest BCUT2D eigenvalue weighted by molar-refractivity contribution is -0.125. The fraction of sp³-hybridized carbons (Fsp3) is 0.545. The van der Waals surface area contributed by atoms with Crippen LogP contribution in [0, 0.1) is 5.92 Å². The van der Waals surface area contributed by atoms with Crippen molar-refractivity contribution in [3.8, 4) is 11.3 Å². The maximum Gasteiger partial charge on any atom is 0.156 e. The molecule has 2 aliphatic heterocycles. The second-order valence-electron chi connectivity index (χ2n) is 7.70. The number of benzene rings is 1. The van der Waals surface area contributed by atoms with E-state index in [1.54, 1.807) is 11.3 Å². The van der Waals surface area contributed by atoms with Gasteiger partial charge in [0.2, 0.25) is 0 Å². The number of nitrogens with zero attached hydrogens (tertiary/aromatic N) is 2. The number of hydrogen-bond acceptors (Lipinski definition) is 5. The highest BCUT2D eigenvalue weighted by Gasteiger charge is 2.31. The van der Waals surface area contributed by atoms with Crippen LogP contribution in [0.2, 0.25) is 0 Å². The van der Waals surface area contributed by atoms with Gasteiger partial charge in [-0.25, -0.2) is 4.98 Å². The zero-order valence-electron chi connectivity index (χ0n) is 15.8. The molecule has 0 saturated carbocycles. The molecule has 0 N–H and O–H groups in total. The van der Waals surface area contributed by atoms with Gasteiger partial charge >= 0.3 is 0 Å². The number of rotatable bonds is 6. The number of hydrogen-bond donors (Lipinski definition) is 0. The van der Waals surface area contributed by atoms with E-state index in [-0.39, 0.29) is 6.04 Å². The van der Waals surface area contributed by atoms with Crippen molar-refractivity contribution < 1.29 is 9.53 Å². The summed E-state index contributed by atoms with van der Waals surface area (Å²) in [5.41, 5.74) is 2.09. The molecule has 0 amide bonds. The van der Waals surface area contributed by atoms with Gasteiger partial charge in [0.25, 0.3) is 0 Å². The summed E-state index contributed by atoms with van der Waals surface area (Å²) in [5.74, 6) is 1.02. The van der Waals surface area contributed by atoms with Gasteiger partial charge in [0, 0.05) is 30.7 Å². The van der Waals surface area contributed by atoms with E-state index in [4.69, 9.17) is 9.72 Å². The molecule has 0 unspecified atom stereocenters. The van der Waals surface area contributed by atoms with Gasteiger partial charge in [-0.3, -0.25) is 9.69 Å². The second-order valence-corrected chi connectivity index (χ2v) is 8.64. The Morgan fingerprint density at radius 1 is 1.15 bits per heavy atom. The Labute approximate surface area is 165 Å². The van der Waals surface area contributed by atoms with Crippen molar-refractivity contribution >= 4 is 17.1 Å². The van der Waals surface area contributed by atoms with Gasteiger partial charge in [-0.2, -0.15) is 0 Å². The molecule has 2 aromatic rings. The Kier molecular flexibility index (Phi) is 6.32. The third-order valence-corrected chi connectivity index (χ3v) is 6.61. The van der Waals surface area contributed by atoms with Gasteiger partial charge in [0.15, 0.2) is 5.78 Å². The van der Waals surface area contributed by atoms with E-state index in [0.29, 0.717) is 18.1 Å². The lowest BCUT2D eigenvalue weighted by Crippen LogP contribution is -2.47. The summed E-state index contributed by atoms with van der Waals surface area (Å²) in [6.45, 7) is 3.85. The third kappa shape index (κ3) is 4.84. The molecule has 27 heavy (non-hydrogen) atoms. The zero-order valence-corrected chi connectivity index (χ0v) is 16.6. The van der Waals surface area contributed by atoms with Gasteiger partial charge in [-0.1, -0.05) is 36.8 Å². The highest BCUT2D eigenvalue weighted by molar-refractivity contribution is 7.10. The predicted octanol–water partition coefficient (Wildman–Crippen LogP) is 4.20. The van der Waals surface area contributed by atoms with Gasteiger partial charge < -0.3 is 4.74 Å². The molecular formula is C22H28N2O2S. The van der Waals surface area contributed by atoms with Crippen molar-refractivity contribution in [2.75, 3.05) is 26.3 Å². The molecule has 2 saturated heterocycles. The molecule has 2 fully saturated rings. The van der Waals surface area contributed by atoms with E-state index in [2.05, 4.69) is 22.4 Å². The molecule has 1 aromatic carbocycles. The van der Waals surface area contributed by atoms with Crippen molar-refractivity contribution in [1.82, 2.24) is 9.88 Å². The smallest absolute Gasteiger partial charge is 0.156 e. The largest absolute Gasteiger partial charge is 0.381 e. The maximum atomic E-state index is 13.1. The molecule has 4 rings (SSSR count). The Balaban J connectivity index is 1.39. The zero-order chi connectivity index (χ0) is 18.5. The van der Waals surface area contributed by atoms with Gasteiger partial charge in [0.1, 0.15) is 5.01 Å². The molecule has 0 spiro atoms. The molecule has 144 valence electrons. The molecule has 1 aromatic heterocycles. The van der Waals surface area contributed by atoms with Crippen molar-refractivity contribution in [3.63, 3.8) is 0 Å². The number of likely N-dealkylation sites (tertiary alicyclic amines) is 1. The van der Waals surface area contributed by atoms with Crippen molar-refractivity contribution in [2.24, 2.45) is 5.92 Å². The summed E-state index contributed by atoms with van der Waals surface area (Å²) in [5, 5.41) is 3.01. The van der Waals surface area contributed by atoms with Gasteiger partial charge in [0.05, 0.1) is 18.2 Å².